The van der Waals surface area contributed by atoms with Crippen LogP contribution in [0.1, 0.15) is 30.0 Å². The Bertz CT molecular complexity index is 432. The highest BCUT2D eigenvalue weighted by atomic mass is 15.3. The molecule has 2 atom stereocenters. The molecule has 0 aromatic carbocycles. The summed E-state index contributed by atoms with van der Waals surface area (Å²) in [6.07, 6.45) is 2.79. The van der Waals surface area contributed by atoms with Crippen molar-refractivity contribution in [1.82, 2.24) is 19.8 Å². The molecule has 0 saturated carbocycles. The van der Waals surface area contributed by atoms with Gasteiger partial charge in [-0.1, -0.05) is 0 Å². The smallest absolute Gasteiger partial charge is 0.130 e. The van der Waals surface area contributed by atoms with Gasteiger partial charge in [0.25, 0.3) is 0 Å². The molecule has 1 fully saturated rings. The Morgan fingerprint density at radius 1 is 1.42 bits per heavy atom. The van der Waals surface area contributed by atoms with Crippen molar-refractivity contribution < 1.29 is 0 Å². The third-order valence-corrected chi connectivity index (χ3v) is 3.96. The summed E-state index contributed by atoms with van der Waals surface area (Å²) < 4.78 is 0. The molecule has 1 aromatic rings. The quantitative estimate of drug-likeness (QED) is 0.865. The molecule has 0 spiro atoms. The maximum atomic E-state index is 5.89. The summed E-state index contributed by atoms with van der Waals surface area (Å²) in [7, 11) is 4.35. The average Bonchev–Trinajstić information content (AvgIpc) is 2.33. The number of hydrogen-bond acceptors (Lipinski definition) is 5. The van der Waals surface area contributed by atoms with Gasteiger partial charge in [-0.15, -0.1) is 0 Å². The molecule has 106 valence electrons. The zero-order chi connectivity index (χ0) is 14.0. The highest BCUT2D eigenvalue weighted by molar-refractivity contribution is 5.19. The van der Waals surface area contributed by atoms with Gasteiger partial charge in [-0.2, -0.15) is 0 Å². The number of aromatic nitrogens is 2. The molecule has 2 N–H and O–H groups in total. The van der Waals surface area contributed by atoms with E-state index in [1.54, 1.807) is 0 Å². The summed E-state index contributed by atoms with van der Waals surface area (Å²) in [6, 6.07) is 0.497. The van der Waals surface area contributed by atoms with Crippen LogP contribution in [-0.2, 0) is 6.42 Å². The fourth-order valence-corrected chi connectivity index (χ4v) is 2.60. The van der Waals surface area contributed by atoms with Crippen LogP contribution in [0.4, 0.5) is 0 Å². The van der Waals surface area contributed by atoms with Crippen molar-refractivity contribution in [3.05, 3.63) is 23.3 Å². The topological polar surface area (TPSA) is 58.3 Å². The second kappa shape index (κ2) is 5.94. The van der Waals surface area contributed by atoms with E-state index in [4.69, 9.17) is 5.73 Å². The van der Waals surface area contributed by atoms with Gasteiger partial charge < -0.3 is 15.5 Å². The van der Waals surface area contributed by atoms with Gasteiger partial charge in [0.1, 0.15) is 5.82 Å². The maximum absolute atomic E-state index is 5.89. The molecule has 1 aliphatic heterocycles. The van der Waals surface area contributed by atoms with E-state index in [9.17, 15) is 0 Å². The minimum absolute atomic E-state index is 0.00228. The van der Waals surface area contributed by atoms with Crippen LogP contribution in [-0.4, -0.2) is 59.5 Å². The summed E-state index contributed by atoms with van der Waals surface area (Å²) >= 11 is 0. The van der Waals surface area contributed by atoms with E-state index in [0.717, 1.165) is 43.1 Å². The number of aryl methyl sites for hydroxylation is 1. The van der Waals surface area contributed by atoms with Crippen LogP contribution >= 0.6 is 0 Å². The third kappa shape index (κ3) is 3.49. The molecule has 2 rings (SSSR count). The lowest BCUT2D eigenvalue weighted by atomic mass is 10.1. The normalized spacial score (nSPS) is 23.5. The van der Waals surface area contributed by atoms with Crippen molar-refractivity contribution in [2.24, 2.45) is 5.73 Å². The molecule has 0 amide bonds. The van der Waals surface area contributed by atoms with Crippen molar-refractivity contribution in [2.75, 3.05) is 33.7 Å². The summed E-state index contributed by atoms with van der Waals surface area (Å²) in [5.41, 5.74) is 7.94. The molecule has 0 aliphatic carbocycles. The number of piperazine rings is 1. The van der Waals surface area contributed by atoms with Crippen LogP contribution in [0.25, 0.3) is 0 Å². The lowest BCUT2D eigenvalue weighted by Gasteiger charge is -2.37. The molecular formula is C14H25N5. The van der Waals surface area contributed by atoms with E-state index in [1.165, 1.54) is 0 Å². The monoisotopic (exact) mass is 263 g/mol. The fourth-order valence-electron chi connectivity index (χ4n) is 2.60. The lowest BCUT2D eigenvalue weighted by Crippen LogP contribution is -2.51. The predicted octanol–water partition coefficient (Wildman–Crippen LogP) is 0.593. The molecule has 0 bridgehead atoms. The predicted molar refractivity (Wildman–Crippen MR) is 77.0 cm³/mol. The lowest BCUT2D eigenvalue weighted by molar-refractivity contribution is 0.113. The van der Waals surface area contributed by atoms with E-state index in [0.29, 0.717) is 6.04 Å². The highest BCUT2D eigenvalue weighted by Gasteiger charge is 2.23. The van der Waals surface area contributed by atoms with Gasteiger partial charge in [-0.25, -0.2) is 9.97 Å². The molecule has 5 heteroatoms. The van der Waals surface area contributed by atoms with Crippen LogP contribution < -0.4 is 5.73 Å². The van der Waals surface area contributed by atoms with Crippen molar-refractivity contribution >= 4 is 0 Å². The Kier molecular flexibility index (Phi) is 4.50. The van der Waals surface area contributed by atoms with Gasteiger partial charge >= 0.3 is 0 Å². The molecular weight excluding hydrogens is 238 g/mol. The first-order valence-corrected chi connectivity index (χ1v) is 6.94. The number of hydrogen-bond donors (Lipinski definition) is 1. The molecule has 1 aromatic heterocycles. The number of nitrogens with two attached hydrogens (primary N) is 1. The van der Waals surface area contributed by atoms with Gasteiger partial charge in [0, 0.05) is 55.6 Å². The second-order valence-electron chi connectivity index (χ2n) is 5.72. The Balaban J connectivity index is 2.08. The Morgan fingerprint density at radius 3 is 2.79 bits per heavy atom. The summed E-state index contributed by atoms with van der Waals surface area (Å²) in [6.45, 7) is 7.30. The first-order valence-electron chi connectivity index (χ1n) is 6.94. The van der Waals surface area contributed by atoms with Gasteiger partial charge in [0.15, 0.2) is 0 Å². The largest absolute Gasteiger partial charge is 0.324 e. The fraction of sp³-hybridized carbons (Fsp3) is 0.714. The van der Waals surface area contributed by atoms with Crippen molar-refractivity contribution in [1.29, 1.82) is 0 Å². The molecule has 1 aliphatic rings. The van der Waals surface area contributed by atoms with E-state index in [-0.39, 0.29) is 6.04 Å². The van der Waals surface area contributed by atoms with Gasteiger partial charge in [-0.3, -0.25) is 0 Å². The van der Waals surface area contributed by atoms with E-state index < -0.39 is 0 Å². The number of likely N-dealkylation sites (N-methyl/N-ethyl adjacent to an activating group) is 2. The van der Waals surface area contributed by atoms with Gasteiger partial charge in [0.2, 0.25) is 0 Å². The average molecular weight is 263 g/mol. The maximum Gasteiger partial charge on any atom is 0.130 e. The Morgan fingerprint density at radius 2 is 2.16 bits per heavy atom. The number of rotatable bonds is 3. The van der Waals surface area contributed by atoms with Gasteiger partial charge in [-0.05, 0) is 27.9 Å². The second-order valence-corrected chi connectivity index (χ2v) is 5.72. The van der Waals surface area contributed by atoms with Crippen LogP contribution in [0.15, 0.2) is 6.20 Å². The molecule has 0 radical (unpaired) electrons. The third-order valence-electron chi connectivity index (χ3n) is 3.96. The first kappa shape index (κ1) is 14.4. The highest BCUT2D eigenvalue weighted by Crippen LogP contribution is 2.14. The minimum Gasteiger partial charge on any atom is -0.324 e. The van der Waals surface area contributed by atoms with Crippen LogP contribution in [0.2, 0.25) is 0 Å². The zero-order valence-electron chi connectivity index (χ0n) is 12.4. The SMILES string of the molecule is Cc1nc(CC2CN(C)CCN2C)ncc1[C@H](C)N. The van der Waals surface area contributed by atoms with E-state index >= 15 is 0 Å². The standard InChI is InChI=1S/C14H25N5/c1-10(15)13-8-16-14(17-11(13)2)7-12-9-18(3)5-6-19(12)4/h8,10,12H,5-7,9,15H2,1-4H3/t10-,12?/m0/s1. The summed E-state index contributed by atoms with van der Waals surface area (Å²) in [5.74, 6) is 0.925. The Labute approximate surface area is 115 Å². The van der Waals surface area contributed by atoms with Crippen molar-refractivity contribution in [2.45, 2.75) is 32.4 Å². The Hall–Kier alpha value is -1.04. The molecule has 1 unspecified atom stereocenters. The van der Waals surface area contributed by atoms with Crippen LogP contribution in [0.3, 0.4) is 0 Å². The molecule has 1 saturated heterocycles. The molecule has 19 heavy (non-hydrogen) atoms. The number of nitrogens with zero attached hydrogens (tertiary/aromatic N) is 4. The first-order chi connectivity index (χ1) is 8.97. The van der Waals surface area contributed by atoms with Crippen molar-refractivity contribution in [3.63, 3.8) is 0 Å². The minimum atomic E-state index is -0.00228. The van der Waals surface area contributed by atoms with Crippen molar-refractivity contribution in [3.8, 4) is 0 Å². The summed E-state index contributed by atoms with van der Waals surface area (Å²) in [4.78, 5) is 13.9. The van der Waals surface area contributed by atoms with E-state index in [2.05, 4.69) is 33.9 Å². The summed E-state index contributed by atoms with van der Waals surface area (Å²) in [5, 5.41) is 0. The van der Waals surface area contributed by atoms with Crippen LogP contribution in [0, 0.1) is 6.92 Å². The zero-order valence-corrected chi connectivity index (χ0v) is 12.4. The molecule has 2 heterocycles. The molecule has 5 nitrogen and oxygen atoms in total. The van der Waals surface area contributed by atoms with Crippen LogP contribution in [0.5, 0.6) is 0 Å². The van der Waals surface area contributed by atoms with Gasteiger partial charge in [0.05, 0.1) is 0 Å². The van der Waals surface area contributed by atoms with E-state index in [1.807, 2.05) is 20.0 Å².